The molecule has 1 atom stereocenters. The van der Waals surface area contributed by atoms with E-state index in [9.17, 15) is 4.79 Å². The van der Waals surface area contributed by atoms with Crippen molar-refractivity contribution in [2.24, 2.45) is 0 Å². The lowest BCUT2D eigenvalue weighted by Crippen LogP contribution is -2.27. The van der Waals surface area contributed by atoms with E-state index in [0.29, 0.717) is 12.6 Å². The molecule has 10 heavy (non-hydrogen) atoms. The van der Waals surface area contributed by atoms with Gasteiger partial charge in [0.25, 0.3) is 0 Å². The number of nitrogens with one attached hydrogen (secondary N) is 1. The second-order valence-electron chi connectivity index (χ2n) is 2.41. The van der Waals surface area contributed by atoms with Crippen LogP contribution in [0.15, 0.2) is 0 Å². The van der Waals surface area contributed by atoms with Crippen LogP contribution in [0.5, 0.6) is 0 Å². The van der Waals surface area contributed by atoms with E-state index in [1.807, 2.05) is 6.92 Å². The van der Waals surface area contributed by atoms with Gasteiger partial charge in [-0.2, -0.15) is 0 Å². The van der Waals surface area contributed by atoms with E-state index < -0.39 is 5.97 Å². The van der Waals surface area contributed by atoms with Crippen molar-refractivity contribution in [1.82, 2.24) is 5.32 Å². The molecule has 0 rings (SSSR count). The van der Waals surface area contributed by atoms with Gasteiger partial charge in [-0.05, 0) is 13.3 Å². The van der Waals surface area contributed by atoms with Crippen LogP contribution >= 0.6 is 0 Å². The highest BCUT2D eigenvalue weighted by Crippen LogP contribution is 1.87. The first kappa shape index (κ1) is 9.43. The lowest BCUT2D eigenvalue weighted by atomic mass is 10.2. The molecule has 0 saturated carbocycles. The second kappa shape index (κ2) is 5.23. The molecule has 0 aliphatic rings. The Bertz CT molecular complexity index is 104. The van der Waals surface area contributed by atoms with E-state index in [4.69, 9.17) is 5.11 Å². The zero-order valence-electron chi connectivity index (χ0n) is 6.55. The van der Waals surface area contributed by atoms with Gasteiger partial charge in [0, 0.05) is 12.6 Å². The van der Waals surface area contributed by atoms with Crippen LogP contribution in [-0.4, -0.2) is 23.7 Å². The topological polar surface area (TPSA) is 49.3 Å². The summed E-state index contributed by atoms with van der Waals surface area (Å²) >= 11 is 0. The van der Waals surface area contributed by atoms with Crippen molar-refractivity contribution in [3.63, 3.8) is 0 Å². The van der Waals surface area contributed by atoms with E-state index in [1.54, 1.807) is 0 Å². The van der Waals surface area contributed by atoms with Gasteiger partial charge in [-0.25, -0.2) is 0 Å². The van der Waals surface area contributed by atoms with Crippen LogP contribution in [0.25, 0.3) is 0 Å². The number of carboxylic acids is 1. The molecule has 0 spiro atoms. The Balaban J connectivity index is 3.11. The van der Waals surface area contributed by atoms with Gasteiger partial charge in [0.2, 0.25) is 0 Å². The van der Waals surface area contributed by atoms with E-state index in [-0.39, 0.29) is 6.42 Å². The van der Waals surface area contributed by atoms with Gasteiger partial charge in [0.05, 0.1) is 6.42 Å². The normalized spacial score (nSPS) is 13.0. The van der Waals surface area contributed by atoms with Crippen LogP contribution in [0, 0.1) is 0 Å². The van der Waals surface area contributed by atoms with Crippen LogP contribution in [0.4, 0.5) is 0 Å². The van der Waals surface area contributed by atoms with Crippen molar-refractivity contribution in [2.45, 2.75) is 32.7 Å². The summed E-state index contributed by atoms with van der Waals surface area (Å²) in [6, 6.07) is 0.430. The number of carbonyl (C=O) groups is 1. The summed E-state index contributed by atoms with van der Waals surface area (Å²) in [6.45, 7) is 4.69. The molecular formula is C7H15NO2. The molecular weight excluding hydrogens is 130 g/mol. The third kappa shape index (κ3) is 5.56. The van der Waals surface area contributed by atoms with Crippen molar-refractivity contribution >= 4 is 5.97 Å². The molecule has 0 saturated heterocycles. The van der Waals surface area contributed by atoms with Crippen molar-refractivity contribution in [1.29, 1.82) is 0 Å². The Hall–Kier alpha value is -0.570. The van der Waals surface area contributed by atoms with Gasteiger partial charge >= 0.3 is 5.97 Å². The highest BCUT2D eigenvalue weighted by atomic mass is 16.4. The Morgan fingerprint density at radius 3 is 2.70 bits per heavy atom. The first-order valence-corrected chi connectivity index (χ1v) is 3.62. The summed E-state index contributed by atoms with van der Waals surface area (Å²) in [5, 5.41) is 11.3. The third-order valence-electron chi connectivity index (χ3n) is 1.44. The number of aliphatic carboxylic acids is 1. The summed E-state index contributed by atoms with van der Waals surface area (Å²) in [6.07, 6.45) is 1.25. The standard InChI is InChI=1S/C7H15NO2/c1-3-6(2)8-5-4-7(9)10/h6,8H,3-5H2,1-2H3,(H,9,10). The predicted molar refractivity (Wildman–Crippen MR) is 40.0 cm³/mol. The average molecular weight is 145 g/mol. The fraction of sp³-hybridized carbons (Fsp3) is 0.857. The molecule has 60 valence electrons. The molecule has 0 heterocycles. The Kier molecular flexibility index (Phi) is 4.94. The molecule has 0 aliphatic carbocycles. The minimum absolute atomic E-state index is 0.213. The summed E-state index contributed by atoms with van der Waals surface area (Å²) < 4.78 is 0. The number of hydrogen-bond acceptors (Lipinski definition) is 2. The minimum Gasteiger partial charge on any atom is -0.481 e. The van der Waals surface area contributed by atoms with Crippen molar-refractivity contribution in [3.8, 4) is 0 Å². The maximum atomic E-state index is 10.0. The summed E-state index contributed by atoms with van der Waals surface area (Å²) in [5.41, 5.74) is 0. The highest BCUT2D eigenvalue weighted by Gasteiger charge is 1.98. The fourth-order valence-electron chi connectivity index (χ4n) is 0.570. The van der Waals surface area contributed by atoms with Crippen molar-refractivity contribution in [3.05, 3.63) is 0 Å². The smallest absolute Gasteiger partial charge is 0.304 e. The molecule has 0 aromatic heterocycles. The third-order valence-corrected chi connectivity index (χ3v) is 1.44. The van der Waals surface area contributed by atoms with Gasteiger partial charge in [-0.15, -0.1) is 0 Å². The largest absolute Gasteiger partial charge is 0.481 e. The monoisotopic (exact) mass is 145 g/mol. The highest BCUT2D eigenvalue weighted by molar-refractivity contribution is 5.66. The Morgan fingerprint density at radius 1 is 1.70 bits per heavy atom. The molecule has 3 heteroatoms. The maximum Gasteiger partial charge on any atom is 0.304 e. The zero-order valence-corrected chi connectivity index (χ0v) is 6.55. The van der Waals surface area contributed by atoms with Crippen LogP contribution in [0.2, 0.25) is 0 Å². The predicted octanol–water partition coefficient (Wildman–Crippen LogP) is 0.849. The molecule has 0 fully saturated rings. The van der Waals surface area contributed by atoms with E-state index >= 15 is 0 Å². The Morgan fingerprint density at radius 2 is 2.30 bits per heavy atom. The molecule has 0 radical (unpaired) electrons. The number of rotatable bonds is 5. The SMILES string of the molecule is CCC(C)NCCC(=O)O. The van der Waals surface area contributed by atoms with Crippen LogP contribution < -0.4 is 5.32 Å². The zero-order chi connectivity index (χ0) is 7.98. The first-order valence-electron chi connectivity index (χ1n) is 3.62. The summed E-state index contributed by atoms with van der Waals surface area (Å²) in [4.78, 5) is 10.0. The van der Waals surface area contributed by atoms with E-state index in [1.165, 1.54) is 0 Å². The van der Waals surface area contributed by atoms with Crippen LogP contribution in [0.3, 0.4) is 0 Å². The molecule has 0 amide bonds. The lowest BCUT2D eigenvalue weighted by molar-refractivity contribution is -0.136. The lowest BCUT2D eigenvalue weighted by Gasteiger charge is -2.08. The first-order chi connectivity index (χ1) is 4.66. The van der Waals surface area contributed by atoms with Crippen molar-refractivity contribution < 1.29 is 9.90 Å². The van der Waals surface area contributed by atoms with Gasteiger partial charge in [-0.1, -0.05) is 6.92 Å². The van der Waals surface area contributed by atoms with Crippen LogP contribution in [0.1, 0.15) is 26.7 Å². The van der Waals surface area contributed by atoms with E-state index in [0.717, 1.165) is 6.42 Å². The molecule has 0 aromatic carbocycles. The number of carboxylic acid groups (broad SMARTS) is 1. The molecule has 0 aliphatic heterocycles. The maximum absolute atomic E-state index is 10.0. The second-order valence-corrected chi connectivity index (χ2v) is 2.41. The molecule has 0 aromatic rings. The molecule has 0 bridgehead atoms. The Labute approximate surface area is 61.4 Å². The summed E-state index contributed by atoms with van der Waals surface area (Å²) in [7, 11) is 0. The van der Waals surface area contributed by atoms with Crippen LogP contribution in [-0.2, 0) is 4.79 Å². The van der Waals surface area contributed by atoms with Gasteiger partial charge in [0.15, 0.2) is 0 Å². The van der Waals surface area contributed by atoms with Crippen molar-refractivity contribution in [2.75, 3.05) is 6.54 Å². The summed E-state index contributed by atoms with van der Waals surface area (Å²) in [5.74, 6) is -0.740. The number of hydrogen-bond donors (Lipinski definition) is 2. The average Bonchev–Trinajstić information content (AvgIpc) is 1.87. The van der Waals surface area contributed by atoms with Gasteiger partial charge in [0.1, 0.15) is 0 Å². The molecule has 3 nitrogen and oxygen atoms in total. The molecule has 1 unspecified atom stereocenters. The van der Waals surface area contributed by atoms with Gasteiger partial charge < -0.3 is 10.4 Å². The minimum atomic E-state index is -0.740. The fourth-order valence-corrected chi connectivity index (χ4v) is 0.570. The van der Waals surface area contributed by atoms with Gasteiger partial charge in [-0.3, -0.25) is 4.79 Å². The quantitative estimate of drug-likeness (QED) is 0.603. The van der Waals surface area contributed by atoms with E-state index in [2.05, 4.69) is 12.2 Å². The molecule has 2 N–H and O–H groups in total.